The number of nitrogens with zero attached hydrogens (tertiary/aromatic N) is 3. The summed E-state index contributed by atoms with van der Waals surface area (Å²) >= 11 is 12.8. The molecule has 1 unspecified atom stereocenters. The molecule has 3 aromatic carbocycles. The van der Waals surface area contributed by atoms with E-state index in [0.717, 1.165) is 16.7 Å². The lowest BCUT2D eigenvalue weighted by Gasteiger charge is -2.36. The number of fused-ring (bicyclic) bond motifs is 4. The largest absolute Gasteiger partial charge is 0.497 e. The summed E-state index contributed by atoms with van der Waals surface area (Å²) in [4.78, 5) is 35.6. The van der Waals surface area contributed by atoms with Gasteiger partial charge in [0, 0.05) is 32.9 Å². The zero-order valence-electron chi connectivity index (χ0n) is 23.7. The number of rotatable bonds is 5. The molecule has 2 aliphatic heterocycles. The Hall–Kier alpha value is -3.81. The third-order valence-corrected chi connectivity index (χ3v) is 8.47. The van der Waals surface area contributed by atoms with Gasteiger partial charge in [-0.3, -0.25) is 14.5 Å². The third-order valence-electron chi connectivity index (χ3n) is 7.99. The SMILES string of the molecule is COc1ccc(C(C)C)c(-c2nc3c(n2C(C)C)C2(C(=O)Nc4cc(Cl)ccc42)N(c2cc(Cl)ccc2C)C3=O)c1. The van der Waals surface area contributed by atoms with Crippen molar-refractivity contribution in [2.24, 2.45) is 0 Å². The van der Waals surface area contributed by atoms with Crippen LogP contribution in [0.25, 0.3) is 11.4 Å². The molecule has 0 aliphatic carbocycles. The molecule has 0 fully saturated rings. The van der Waals surface area contributed by atoms with Crippen LogP contribution < -0.4 is 15.0 Å². The summed E-state index contributed by atoms with van der Waals surface area (Å²) in [6, 6.07) is 16.4. The minimum Gasteiger partial charge on any atom is -0.497 e. The maximum Gasteiger partial charge on any atom is 0.280 e. The van der Waals surface area contributed by atoms with Crippen LogP contribution >= 0.6 is 23.2 Å². The molecule has 0 bridgehead atoms. The van der Waals surface area contributed by atoms with Crippen molar-refractivity contribution in [2.75, 3.05) is 17.3 Å². The van der Waals surface area contributed by atoms with Crippen LogP contribution in [0.1, 0.15) is 72.5 Å². The van der Waals surface area contributed by atoms with E-state index in [1.54, 1.807) is 36.3 Å². The highest BCUT2D eigenvalue weighted by Crippen LogP contribution is 2.55. The van der Waals surface area contributed by atoms with Crippen LogP contribution in [0.4, 0.5) is 11.4 Å². The summed E-state index contributed by atoms with van der Waals surface area (Å²) < 4.78 is 7.60. The summed E-state index contributed by atoms with van der Waals surface area (Å²) in [5.74, 6) is 0.731. The molecular formula is C32H30Cl2N4O3. The van der Waals surface area contributed by atoms with Crippen molar-refractivity contribution in [1.29, 1.82) is 0 Å². The number of ether oxygens (including phenoxy) is 1. The van der Waals surface area contributed by atoms with E-state index in [4.69, 9.17) is 32.9 Å². The van der Waals surface area contributed by atoms with Crippen LogP contribution in [0.15, 0.2) is 54.6 Å². The molecule has 6 rings (SSSR count). The molecule has 4 aromatic rings. The second-order valence-electron chi connectivity index (χ2n) is 11.1. The molecule has 2 amide bonds. The van der Waals surface area contributed by atoms with Gasteiger partial charge in [0.1, 0.15) is 11.6 Å². The number of hydrogen-bond donors (Lipinski definition) is 1. The van der Waals surface area contributed by atoms with Gasteiger partial charge >= 0.3 is 0 Å². The first-order chi connectivity index (χ1) is 19.5. The number of aromatic nitrogens is 2. The molecule has 2 aliphatic rings. The van der Waals surface area contributed by atoms with Gasteiger partial charge in [-0.15, -0.1) is 0 Å². The average Bonchev–Trinajstić information content (AvgIpc) is 3.53. The van der Waals surface area contributed by atoms with Crippen LogP contribution in [0.3, 0.4) is 0 Å². The zero-order valence-corrected chi connectivity index (χ0v) is 25.2. The normalized spacial score (nSPS) is 17.6. The van der Waals surface area contributed by atoms with Gasteiger partial charge in [0.15, 0.2) is 11.2 Å². The number of aryl methyl sites for hydroxylation is 1. The molecule has 0 saturated heterocycles. The molecule has 1 N–H and O–H groups in total. The topological polar surface area (TPSA) is 76.5 Å². The smallest absolute Gasteiger partial charge is 0.280 e. The van der Waals surface area contributed by atoms with Gasteiger partial charge in [-0.25, -0.2) is 4.98 Å². The van der Waals surface area contributed by atoms with Crippen LogP contribution in [-0.2, 0) is 10.3 Å². The van der Waals surface area contributed by atoms with Crippen molar-refractivity contribution in [1.82, 2.24) is 9.55 Å². The Labute approximate surface area is 249 Å². The van der Waals surface area contributed by atoms with E-state index >= 15 is 0 Å². The number of anilines is 2. The van der Waals surface area contributed by atoms with Crippen LogP contribution in [0.2, 0.25) is 10.0 Å². The van der Waals surface area contributed by atoms with E-state index in [2.05, 4.69) is 19.2 Å². The van der Waals surface area contributed by atoms with E-state index < -0.39 is 5.54 Å². The fourth-order valence-corrected chi connectivity index (χ4v) is 6.52. The van der Waals surface area contributed by atoms with Gasteiger partial charge in [-0.1, -0.05) is 55.2 Å². The Bertz CT molecular complexity index is 1760. The number of carbonyl (C=O) groups is 2. The Kier molecular flexibility index (Phi) is 6.43. The number of methoxy groups -OCH3 is 1. The molecule has 3 heterocycles. The van der Waals surface area contributed by atoms with Gasteiger partial charge in [0.2, 0.25) is 0 Å². The minimum atomic E-state index is -1.53. The molecule has 1 spiro atoms. The lowest BCUT2D eigenvalue weighted by molar-refractivity contribution is -0.119. The summed E-state index contributed by atoms with van der Waals surface area (Å²) in [6.45, 7) is 10.2. The van der Waals surface area contributed by atoms with Crippen LogP contribution in [-0.4, -0.2) is 28.5 Å². The maximum absolute atomic E-state index is 14.6. The second-order valence-corrected chi connectivity index (χ2v) is 12.0. The molecule has 41 heavy (non-hydrogen) atoms. The molecule has 9 heteroatoms. The van der Waals surface area contributed by atoms with E-state index in [0.29, 0.717) is 44.3 Å². The molecule has 1 aromatic heterocycles. The Morgan fingerprint density at radius 3 is 2.34 bits per heavy atom. The summed E-state index contributed by atoms with van der Waals surface area (Å²) in [5, 5.41) is 3.95. The van der Waals surface area contributed by atoms with Gasteiger partial charge in [-0.2, -0.15) is 0 Å². The number of halogens is 2. The molecular weight excluding hydrogens is 559 g/mol. The Morgan fingerprint density at radius 2 is 1.66 bits per heavy atom. The van der Waals surface area contributed by atoms with Crippen molar-refractivity contribution in [3.05, 3.63) is 92.7 Å². The highest BCUT2D eigenvalue weighted by Gasteiger charge is 2.64. The summed E-state index contributed by atoms with van der Waals surface area (Å²) in [5.41, 5.74) is 3.64. The number of hydrogen-bond acceptors (Lipinski definition) is 4. The molecule has 1 atom stereocenters. The first kappa shape index (κ1) is 27.4. The van der Waals surface area contributed by atoms with Crippen LogP contribution in [0.5, 0.6) is 5.75 Å². The zero-order chi connectivity index (χ0) is 29.4. The van der Waals surface area contributed by atoms with Gasteiger partial charge in [-0.05, 0) is 74.2 Å². The molecule has 0 saturated carbocycles. The van der Waals surface area contributed by atoms with E-state index in [-0.39, 0.29) is 29.5 Å². The van der Waals surface area contributed by atoms with E-state index in [1.807, 2.05) is 55.7 Å². The van der Waals surface area contributed by atoms with Crippen molar-refractivity contribution < 1.29 is 14.3 Å². The van der Waals surface area contributed by atoms with Crippen molar-refractivity contribution in [3.8, 4) is 17.1 Å². The second kappa shape index (κ2) is 9.64. The fourth-order valence-electron chi connectivity index (χ4n) is 6.18. The van der Waals surface area contributed by atoms with Crippen molar-refractivity contribution in [2.45, 2.75) is 52.1 Å². The Morgan fingerprint density at radius 1 is 0.951 bits per heavy atom. The lowest BCUT2D eigenvalue weighted by Crippen LogP contribution is -2.51. The predicted octanol–water partition coefficient (Wildman–Crippen LogP) is 7.73. The highest BCUT2D eigenvalue weighted by molar-refractivity contribution is 6.32. The number of amides is 2. The predicted molar refractivity (Wildman–Crippen MR) is 163 cm³/mol. The maximum atomic E-state index is 14.6. The van der Waals surface area contributed by atoms with Gasteiger partial charge < -0.3 is 14.6 Å². The first-order valence-electron chi connectivity index (χ1n) is 13.5. The lowest BCUT2D eigenvalue weighted by atomic mass is 9.86. The standard InChI is InChI=1S/C32H30Cl2N4O3/c1-16(2)22-11-10-21(41-6)15-23(22)29-36-27-28(37(29)17(3)4)32(24-12-9-19(33)13-25(24)35-31(32)40)38(30(27)39)26-14-20(34)8-7-18(26)5/h7-17H,1-6H3,(H,35,40). The fraction of sp³-hybridized carbons (Fsp3) is 0.281. The van der Waals surface area contributed by atoms with E-state index in [1.165, 1.54) is 0 Å². The van der Waals surface area contributed by atoms with Crippen molar-refractivity contribution >= 4 is 46.4 Å². The third kappa shape index (κ3) is 3.82. The first-order valence-corrected chi connectivity index (χ1v) is 14.3. The quantitative estimate of drug-likeness (QED) is 0.259. The molecule has 210 valence electrons. The van der Waals surface area contributed by atoms with Crippen LogP contribution in [0, 0.1) is 6.92 Å². The highest BCUT2D eigenvalue weighted by atomic mass is 35.5. The van der Waals surface area contributed by atoms with Crippen molar-refractivity contribution in [3.63, 3.8) is 0 Å². The number of carbonyl (C=O) groups excluding carboxylic acids is 2. The number of nitrogens with one attached hydrogen (secondary N) is 1. The summed E-state index contributed by atoms with van der Waals surface area (Å²) in [6.07, 6.45) is 0. The van der Waals surface area contributed by atoms with E-state index in [9.17, 15) is 9.59 Å². The minimum absolute atomic E-state index is 0.151. The summed E-state index contributed by atoms with van der Waals surface area (Å²) in [7, 11) is 1.62. The number of imidazole rings is 1. The molecule has 0 radical (unpaired) electrons. The van der Waals surface area contributed by atoms with Gasteiger partial charge in [0.05, 0.1) is 18.5 Å². The average molecular weight is 590 g/mol. The number of benzene rings is 3. The monoisotopic (exact) mass is 588 g/mol. The molecule has 7 nitrogen and oxygen atoms in total. The van der Waals surface area contributed by atoms with Gasteiger partial charge in [0.25, 0.3) is 11.8 Å². The Balaban J connectivity index is 1.75.